The van der Waals surface area contributed by atoms with E-state index in [0.29, 0.717) is 12.0 Å². The molecule has 1 aliphatic carbocycles. The highest BCUT2D eigenvalue weighted by atomic mass is 16.5. The number of aromatic nitrogens is 1. The molecule has 0 aliphatic heterocycles. The van der Waals surface area contributed by atoms with Crippen LogP contribution >= 0.6 is 0 Å². The van der Waals surface area contributed by atoms with Crippen molar-refractivity contribution >= 4 is 16.6 Å². The van der Waals surface area contributed by atoms with E-state index in [1.165, 1.54) is 19.3 Å². The lowest BCUT2D eigenvalue weighted by Gasteiger charge is -2.28. The minimum atomic E-state index is 0.427. The fraction of sp³-hybridized carbons (Fsp3) is 0.526. The lowest BCUT2D eigenvalue weighted by molar-refractivity contribution is 0.0531. The number of nitrogens with zero attached hydrogens (tertiary/aromatic N) is 1. The Morgan fingerprint density at radius 1 is 1.22 bits per heavy atom. The van der Waals surface area contributed by atoms with Gasteiger partial charge in [-0.25, -0.2) is 0 Å². The molecule has 1 aromatic carbocycles. The van der Waals surface area contributed by atoms with Crippen molar-refractivity contribution in [3.8, 4) is 5.75 Å². The molecule has 1 aliphatic rings. The highest BCUT2D eigenvalue weighted by molar-refractivity contribution is 5.92. The number of fused-ring (bicyclic) bond motifs is 1. The molecular formula is C19H26N2O2. The van der Waals surface area contributed by atoms with Crippen LogP contribution in [0.25, 0.3) is 10.9 Å². The third-order valence-electron chi connectivity index (χ3n) is 4.79. The van der Waals surface area contributed by atoms with Crippen LogP contribution in [0.4, 0.5) is 5.69 Å². The van der Waals surface area contributed by atoms with Gasteiger partial charge in [0.25, 0.3) is 0 Å². The number of benzene rings is 1. The van der Waals surface area contributed by atoms with E-state index in [4.69, 9.17) is 9.47 Å². The van der Waals surface area contributed by atoms with Crippen molar-refractivity contribution in [3.63, 3.8) is 0 Å². The molecule has 1 heterocycles. The first-order chi connectivity index (χ1) is 11.2. The smallest absolute Gasteiger partial charge is 0.121 e. The summed E-state index contributed by atoms with van der Waals surface area (Å²) < 4.78 is 10.8. The Hall–Kier alpha value is -1.81. The van der Waals surface area contributed by atoms with Crippen molar-refractivity contribution in [1.82, 2.24) is 4.98 Å². The van der Waals surface area contributed by atoms with Gasteiger partial charge in [-0.05, 0) is 50.3 Å². The van der Waals surface area contributed by atoms with Crippen LogP contribution in [0.3, 0.4) is 0 Å². The molecule has 3 rings (SSSR count). The maximum atomic E-state index is 5.54. The average molecular weight is 314 g/mol. The molecule has 4 heteroatoms. The zero-order chi connectivity index (χ0) is 16.2. The Balaban J connectivity index is 1.77. The fourth-order valence-corrected chi connectivity index (χ4v) is 3.51. The van der Waals surface area contributed by atoms with Gasteiger partial charge < -0.3 is 14.8 Å². The Kier molecular flexibility index (Phi) is 5.01. The first kappa shape index (κ1) is 16.1. The largest absolute Gasteiger partial charge is 0.497 e. The van der Waals surface area contributed by atoms with Crippen LogP contribution in [-0.2, 0) is 4.74 Å². The summed E-state index contributed by atoms with van der Waals surface area (Å²) in [5.41, 5.74) is 3.16. The zero-order valence-electron chi connectivity index (χ0n) is 14.3. The van der Waals surface area contributed by atoms with Gasteiger partial charge in [0.2, 0.25) is 0 Å². The molecular weight excluding hydrogens is 288 g/mol. The number of nitrogens with one attached hydrogen (secondary N) is 1. The molecule has 0 amide bonds. The number of anilines is 1. The van der Waals surface area contributed by atoms with Gasteiger partial charge in [-0.1, -0.05) is 6.42 Å². The van der Waals surface area contributed by atoms with Crippen molar-refractivity contribution in [2.24, 2.45) is 5.92 Å². The molecule has 4 nitrogen and oxygen atoms in total. The van der Waals surface area contributed by atoms with Crippen LogP contribution in [0.1, 0.15) is 31.4 Å². The topological polar surface area (TPSA) is 43.4 Å². The lowest BCUT2D eigenvalue weighted by Crippen LogP contribution is -2.26. The number of hydrogen-bond donors (Lipinski definition) is 1. The normalized spacial score (nSPS) is 21.3. The highest BCUT2D eigenvalue weighted by Gasteiger charge is 2.21. The van der Waals surface area contributed by atoms with E-state index in [9.17, 15) is 0 Å². The van der Waals surface area contributed by atoms with Crippen LogP contribution in [0, 0.1) is 12.8 Å². The summed E-state index contributed by atoms with van der Waals surface area (Å²) in [5.74, 6) is 1.52. The molecule has 0 radical (unpaired) electrons. The molecule has 2 unspecified atom stereocenters. The van der Waals surface area contributed by atoms with E-state index >= 15 is 0 Å². The minimum Gasteiger partial charge on any atom is -0.497 e. The summed E-state index contributed by atoms with van der Waals surface area (Å²) in [7, 11) is 3.51. The van der Waals surface area contributed by atoms with Crippen LogP contribution in [0.2, 0.25) is 0 Å². The van der Waals surface area contributed by atoms with Gasteiger partial charge >= 0.3 is 0 Å². The molecule has 1 aromatic heterocycles. The van der Waals surface area contributed by atoms with Crippen molar-refractivity contribution in [3.05, 3.63) is 30.0 Å². The molecule has 23 heavy (non-hydrogen) atoms. The van der Waals surface area contributed by atoms with Gasteiger partial charge in [0.1, 0.15) is 5.75 Å². The minimum absolute atomic E-state index is 0.427. The average Bonchev–Trinajstić information content (AvgIpc) is 2.59. The maximum Gasteiger partial charge on any atom is 0.121 e. The van der Waals surface area contributed by atoms with Crippen LogP contribution in [0.5, 0.6) is 5.75 Å². The number of hydrogen-bond acceptors (Lipinski definition) is 4. The van der Waals surface area contributed by atoms with E-state index in [1.54, 1.807) is 7.11 Å². The molecule has 0 bridgehead atoms. The van der Waals surface area contributed by atoms with Crippen LogP contribution in [-0.4, -0.2) is 31.9 Å². The molecule has 1 saturated carbocycles. The van der Waals surface area contributed by atoms with Gasteiger partial charge in [-0.2, -0.15) is 0 Å². The van der Waals surface area contributed by atoms with Crippen molar-refractivity contribution in [2.75, 3.05) is 26.1 Å². The first-order valence-electron chi connectivity index (χ1n) is 8.41. The third-order valence-corrected chi connectivity index (χ3v) is 4.79. The van der Waals surface area contributed by atoms with Gasteiger partial charge in [-0.3, -0.25) is 4.98 Å². The second kappa shape index (κ2) is 7.18. The second-order valence-corrected chi connectivity index (χ2v) is 6.47. The molecule has 124 valence electrons. The second-order valence-electron chi connectivity index (χ2n) is 6.47. The molecule has 1 fully saturated rings. The summed E-state index contributed by atoms with van der Waals surface area (Å²) in [6, 6.07) is 8.20. The molecule has 0 saturated heterocycles. The third kappa shape index (κ3) is 3.75. The Bertz CT molecular complexity index is 672. The summed E-state index contributed by atoms with van der Waals surface area (Å²) >= 11 is 0. The number of methoxy groups -OCH3 is 2. The highest BCUT2D eigenvalue weighted by Crippen LogP contribution is 2.29. The van der Waals surface area contributed by atoms with Crippen LogP contribution < -0.4 is 10.1 Å². The van der Waals surface area contributed by atoms with E-state index in [-0.39, 0.29) is 0 Å². The first-order valence-corrected chi connectivity index (χ1v) is 8.41. The van der Waals surface area contributed by atoms with E-state index in [1.807, 2.05) is 26.2 Å². The monoisotopic (exact) mass is 314 g/mol. The lowest BCUT2D eigenvalue weighted by atomic mass is 9.87. The van der Waals surface area contributed by atoms with Crippen LogP contribution in [0.15, 0.2) is 24.3 Å². The fourth-order valence-electron chi connectivity index (χ4n) is 3.51. The van der Waals surface area contributed by atoms with E-state index < -0.39 is 0 Å². The summed E-state index contributed by atoms with van der Waals surface area (Å²) in [5, 5.41) is 4.79. The van der Waals surface area contributed by atoms with Crippen molar-refractivity contribution < 1.29 is 9.47 Å². The Morgan fingerprint density at radius 3 is 2.87 bits per heavy atom. The van der Waals surface area contributed by atoms with Gasteiger partial charge in [0.05, 0.1) is 18.7 Å². The Morgan fingerprint density at radius 2 is 2.09 bits per heavy atom. The van der Waals surface area contributed by atoms with Crippen molar-refractivity contribution in [1.29, 1.82) is 0 Å². The number of aryl methyl sites for hydroxylation is 1. The van der Waals surface area contributed by atoms with Gasteiger partial charge in [0.15, 0.2) is 0 Å². The summed E-state index contributed by atoms with van der Waals surface area (Å²) in [6.45, 7) is 3.02. The predicted octanol–water partition coefficient (Wildman–Crippen LogP) is 4.17. The summed E-state index contributed by atoms with van der Waals surface area (Å²) in [6.07, 6.45) is 5.32. The predicted molar refractivity (Wildman–Crippen MR) is 94.3 cm³/mol. The van der Waals surface area contributed by atoms with E-state index in [2.05, 4.69) is 22.4 Å². The SMILES string of the molecule is COc1ccc2c(NCC3CCCC(OC)C3)cc(C)nc2c1. The summed E-state index contributed by atoms with van der Waals surface area (Å²) in [4.78, 5) is 4.63. The number of ether oxygens (including phenoxy) is 2. The zero-order valence-corrected chi connectivity index (χ0v) is 14.3. The Labute approximate surface area is 138 Å². The number of rotatable bonds is 5. The standard InChI is InChI=1S/C19H26N2O2/c1-13-9-18(17-8-7-16(23-3)11-19(17)21-13)20-12-14-5-4-6-15(10-14)22-2/h7-9,11,14-15H,4-6,10,12H2,1-3H3,(H,20,21). The quantitative estimate of drug-likeness (QED) is 0.899. The molecule has 1 N–H and O–H groups in total. The molecule has 2 atom stereocenters. The van der Waals surface area contributed by atoms with Crippen molar-refractivity contribution in [2.45, 2.75) is 38.7 Å². The molecule has 0 spiro atoms. The van der Waals surface area contributed by atoms with Gasteiger partial charge in [0, 0.05) is 36.5 Å². The van der Waals surface area contributed by atoms with E-state index in [0.717, 1.165) is 41.0 Å². The number of pyridine rings is 1. The molecule has 2 aromatic rings. The van der Waals surface area contributed by atoms with Gasteiger partial charge in [-0.15, -0.1) is 0 Å². The maximum absolute atomic E-state index is 5.54.